The van der Waals surface area contributed by atoms with Gasteiger partial charge in [0, 0.05) is 6.04 Å². The van der Waals surface area contributed by atoms with E-state index in [0.29, 0.717) is 6.04 Å². The number of aliphatic hydroxyl groups is 1. The summed E-state index contributed by atoms with van der Waals surface area (Å²) in [6, 6.07) is 8.70. The molecular formula is C17H25NO. The summed E-state index contributed by atoms with van der Waals surface area (Å²) in [7, 11) is 0. The second-order valence-corrected chi connectivity index (χ2v) is 6.18. The molecule has 1 heterocycles. The Morgan fingerprint density at radius 3 is 2.63 bits per heavy atom. The topological polar surface area (TPSA) is 23.5 Å². The van der Waals surface area contributed by atoms with Crippen LogP contribution < -0.4 is 0 Å². The normalized spacial score (nSPS) is 28.5. The highest BCUT2D eigenvalue weighted by Crippen LogP contribution is 2.36. The maximum Gasteiger partial charge on any atom is 0.0951 e. The number of piperidine rings is 1. The summed E-state index contributed by atoms with van der Waals surface area (Å²) in [6.07, 6.45) is 6.05. The van der Waals surface area contributed by atoms with Crippen LogP contribution >= 0.6 is 0 Å². The molecule has 0 amide bonds. The third-order valence-corrected chi connectivity index (χ3v) is 4.98. The van der Waals surface area contributed by atoms with E-state index in [4.69, 9.17) is 0 Å². The van der Waals surface area contributed by atoms with Crippen molar-refractivity contribution in [3.63, 3.8) is 0 Å². The largest absolute Gasteiger partial charge is 0.387 e. The fourth-order valence-electron chi connectivity index (χ4n) is 3.86. The van der Waals surface area contributed by atoms with E-state index in [1.807, 2.05) is 6.07 Å². The number of fused-ring (bicyclic) bond motifs is 1. The molecule has 2 heteroatoms. The number of nitrogens with zero attached hydrogens (tertiary/aromatic N) is 1. The second kappa shape index (κ2) is 5.64. The van der Waals surface area contributed by atoms with Crippen LogP contribution in [0.15, 0.2) is 24.3 Å². The minimum atomic E-state index is -0.279. The van der Waals surface area contributed by atoms with Crippen molar-refractivity contribution in [1.29, 1.82) is 0 Å². The molecule has 1 aromatic carbocycles. The lowest BCUT2D eigenvalue weighted by atomic mass is 9.91. The van der Waals surface area contributed by atoms with E-state index in [9.17, 15) is 5.11 Å². The van der Waals surface area contributed by atoms with Gasteiger partial charge in [-0.1, -0.05) is 44.0 Å². The molecular weight excluding hydrogens is 234 g/mol. The van der Waals surface area contributed by atoms with Gasteiger partial charge in [0.2, 0.25) is 0 Å². The summed E-state index contributed by atoms with van der Waals surface area (Å²) in [5.41, 5.74) is 2.50. The maximum absolute atomic E-state index is 10.5. The molecule has 2 nitrogen and oxygen atoms in total. The Bertz CT molecular complexity index is 423. The lowest BCUT2D eigenvalue weighted by Crippen LogP contribution is -2.43. The lowest BCUT2D eigenvalue weighted by Gasteiger charge is -2.37. The Kier molecular flexibility index (Phi) is 3.90. The van der Waals surface area contributed by atoms with Crippen LogP contribution in [0.4, 0.5) is 0 Å². The molecule has 2 unspecified atom stereocenters. The molecule has 2 aliphatic rings. The van der Waals surface area contributed by atoms with E-state index in [2.05, 4.69) is 30.0 Å². The van der Waals surface area contributed by atoms with E-state index in [1.54, 1.807) is 0 Å². The first-order chi connectivity index (χ1) is 9.29. The minimum Gasteiger partial charge on any atom is -0.387 e. The summed E-state index contributed by atoms with van der Waals surface area (Å²) < 4.78 is 0. The number of likely N-dealkylation sites (tertiary alicyclic amines) is 1. The van der Waals surface area contributed by atoms with E-state index in [1.165, 1.54) is 44.3 Å². The minimum absolute atomic E-state index is 0.279. The first kappa shape index (κ1) is 13.1. The number of benzene rings is 1. The monoisotopic (exact) mass is 259 g/mol. The number of rotatable bonds is 3. The van der Waals surface area contributed by atoms with Crippen LogP contribution in [0.2, 0.25) is 0 Å². The van der Waals surface area contributed by atoms with Gasteiger partial charge in [-0.15, -0.1) is 0 Å². The summed E-state index contributed by atoms with van der Waals surface area (Å²) in [6.45, 7) is 4.62. The van der Waals surface area contributed by atoms with Crippen molar-refractivity contribution in [1.82, 2.24) is 4.90 Å². The van der Waals surface area contributed by atoms with Gasteiger partial charge in [0.15, 0.2) is 0 Å². The van der Waals surface area contributed by atoms with Gasteiger partial charge in [-0.25, -0.2) is 0 Å². The molecule has 0 spiro atoms. The van der Waals surface area contributed by atoms with Crippen LogP contribution in [0, 0.1) is 5.92 Å². The highest BCUT2D eigenvalue weighted by molar-refractivity contribution is 5.35. The highest BCUT2D eigenvalue weighted by atomic mass is 16.3. The van der Waals surface area contributed by atoms with Crippen LogP contribution in [0.1, 0.15) is 49.8 Å². The quantitative estimate of drug-likeness (QED) is 0.901. The first-order valence-electron chi connectivity index (χ1n) is 7.79. The van der Waals surface area contributed by atoms with Gasteiger partial charge in [0.25, 0.3) is 0 Å². The third-order valence-electron chi connectivity index (χ3n) is 4.98. The van der Waals surface area contributed by atoms with E-state index >= 15 is 0 Å². The average Bonchev–Trinajstić information content (AvgIpc) is 2.78. The van der Waals surface area contributed by atoms with Crippen molar-refractivity contribution in [3.05, 3.63) is 35.4 Å². The molecule has 19 heavy (non-hydrogen) atoms. The van der Waals surface area contributed by atoms with Crippen molar-refractivity contribution in [2.75, 3.05) is 13.1 Å². The lowest BCUT2D eigenvalue weighted by molar-refractivity contribution is 0.0382. The van der Waals surface area contributed by atoms with E-state index in [-0.39, 0.29) is 6.10 Å². The Hall–Kier alpha value is -0.860. The molecule has 2 atom stereocenters. The van der Waals surface area contributed by atoms with Gasteiger partial charge < -0.3 is 5.11 Å². The van der Waals surface area contributed by atoms with E-state index < -0.39 is 0 Å². The Balaban J connectivity index is 1.63. The Morgan fingerprint density at radius 1 is 1.21 bits per heavy atom. The van der Waals surface area contributed by atoms with Gasteiger partial charge in [-0.3, -0.25) is 4.90 Å². The maximum atomic E-state index is 10.5. The number of aliphatic hydroxyl groups excluding tert-OH is 1. The van der Waals surface area contributed by atoms with Gasteiger partial charge in [0.05, 0.1) is 6.10 Å². The van der Waals surface area contributed by atoms with Crippen LogP contribution in [0.3, 0.4) is 0 Å². The molecule has 0 aromatic heterocycles. The van der Waals surface area contributed by atoms with Crippen molar-refractivity contribution in [2.45, 2.75) is 51.2 Å². The van der Waals surface area contributed by atoms with Crippen LogP contribution in [-0.2, 0) is 6.42 Å². The van der Waals surface area contributed by atoms with Gasteiger partial charge in [-0.2, -0.15) is 0 Å². The molecule has 0 radical (unpaired) electrons. The van der Waals surface area contributed by atoms with Crippen LogP contribution in [0.25, 0.3) is 0 Å². The smallest absolute Gasteiger partial charge is 0.0951 e. The Labute approximate surface area is 116 Å². The third kappa shape index (κ3) is 2.56. The molecule has 1 saturated heterocycles. The van der Waals surface area contributed by atoms with Crippen LogP contribution in [0.5, 0.6) is 0 Å². The summed E-state index contributed by atoms with van der Waals surface area (Å²) in [5, 5.41) is 10.5. The Morgan fingerprint density at radius 2 is 1.95 bits per heavy atom. The summed E-state index contributed by atoms with van der Waals surface area (Å²) in [5.74, 6) is 0.919. The summed E-state index contributed by atoms with van der Waals surface area (Å²) in [4.78, 5) is 2.52. The molecule has 1 aliphatic heterocycles. The zero-order chi connectivity index (χ0) is 13.2. The average molecular weight is 259 g/mol. The standard InChI is InChI=1S/C17H25NO/c1-2-5-13-8-10-18(11-9-13)16-12-14-6-3-4-7-15(14)17(16)19/h3-4,6-7,13,16-17,19H,2,5,8-12H2,1H3. The van der Waals surface area contributed by atoms with Crippen molar-refractivity contribution < 1.29 is 5.11 Å². The molecule has 1 N–H and O–H groups in total. The highest BCUT2D eigenvalue weighted by Gasteiger charge is 2.36. The van der Waals surface area contributed by atoms with Gasteiger partial charge in [-0.05, 0) is 49.4 Å². The zero-order valence-electron chi connectivity index (χ0n) is 11.9. The van der Waals surface area contributed by atoms with E-state index in [0.717, 1.165) is 17.9 Å². The summed E-state index contributed by atoms with van der Waals surface area (Å²) >= 11 is 0. The predicted octanol–water partition coefficient (Wildman–Crippen LogP) is 3.16. The number of hydrogen-bond donors (Lipinski definition) is 1. The van der Waals surface area contributed by atoms with Crippen molar-refractivity contribution in [2.24, 2.45) is 5.92 Å². The van der Waals surface area contributed by atoms with Crippen LogP contribution in [-0.4, -0.2) is 29.1 Å². The fourth-order valence-corrected chi connectivity index (χ4v) is 3.86. The van der Waals surface area contributed by atoms with Gasteiger partial charge in [0.1, 0.15) is 0 Å². The van der Waals surface area contributed by atoms with Crippen molar-refractivity contribution in [3.8, 4) is 0 Å². The molecule has 3 rings (SSSR count). The molecule has 1 aliphatic carbocycles. The molecule has 1 fully saturated rings. The first-order valence-corrected chi connectivity index (χ1v) is 7.79. The molecule has 0 bridgehead atoms. The predicted molar refractivity (Wildman–Crippen MR) is 78.1 cm³/mol. The van der Waals surface area contributed by atoms with Gasteiger partial charge >= 0.3 is 0 Å². The second-order valence-electron chi connectivity index (χ2n) is 6.18. The molecule has 104 valence electrons. The fraction of sp³-hybridized carbons (Fsp3) is 0.647. The molecule has 1 aromatic rings. The number of hydrogen-bond acceptors (Lipinski definition) is 2. The SMILES string of the molecule is CCCC1CCN(C2Cc3ccccc3C2O)CC1. The van der Waals surface area contributed by atoms with Crippen molar-refractivity contribution >= 4 is 0 Å². The molecule has 0 saturated carbocycles. The zero-order valence-corrected chi connectivity index (χ0v) is 11.9.